The highest BCUT2D eigenvalue weighted by Gasteiger charge is 2.07. The summed E-state index contributed by atoms with van der Waals surface area (Å²) in [7, 11) is 0. The molecule has 5 heteroatoms. The molecule has 0 heterocycles. The quantitative estimate of drug-likeness (QED) is 0.575. The molecule has 0 aliphatic carbocycles. The van der Waals surface area contributed by atoms with Gasteiger partial charge in [-0.1, -0.05) is 11.6 Å². The van der Waals surface area contributed by atoms with Crippen LogP contribution < -0.4 is 11.1 Å². The number of phenols is 1. The molecule has 0 unspecified atom stereocenters. The lowest BCUT2D eigenvalue weighted by Gasteiger charge is -2.06. The van der Waals surface area contributed by atoms with Crippen molar-refractivity contribution in [2.75, 3.05) is 11.1 Å². The molecule has 0 aliphatic heterocycles. The van der Waals surface area contributed by atoms with Gasteiger partial charge in [-0.25, -0.2) is 0 Å². The predicted molar refractivity (Wildman–Crippen MR) is 71.9 cm³/mol. The predicted octanol–water partition coefficient (Wildman–Crippen LogP) is 2.88. The van der Waals surface area contributed by atoms with Crippen LogP contribution >= 0.6 is 11.6 Å². The Morgan fingerprint density at radius 3 is 2.44 bits per heavy atom. The molecular weight excluding hydrogens is 252 g/mol. The zero-order chi connectivity index (χ0) is 13.1. The number of aromatic hydroxyl groups is 1. The molecule has 0 atom stereocenters. The number of nitrogens with one attached hydrogen (secondary N) is 1. The fourth-order valence-corrected chi connectivity index (χ4v) is 1.55. The molecule has 0 bridgehead atoms. The average Bonchev–Trinajstić information content (AvgIpc) is 2.35. The number of benzene rings is 2. The average molecular weight is 263 g/mol. The second-order valence-corrected chi connectivity index (χ2v) is 4.14. The molecule has 1 amide bonds. The lowest BCUT2D eigenvalue weighted by atomic mass is 10.2. The summed E-state index contributed by atoms with van der Waals surface area (Å²) in [6.07, 6.45) is 0. The number of carbonyl (C=O) groups is 1. The maximum absolute atomic E-state index is 11.9. The molecular formula is C13H11ClN2O2. The van der Waals surface area contributed by atoms with Crippen LogP contribution in [0.2, 0.25) is 5.02 Å². The zero-order valence-corrected chi connectivity index (χ0v) is 10.1. The van der Waals surface area contributed by atoms with Gasteiger partial charge in [0.25, 0.3) is 5.91 Å². The van der Waals surface area contributed by atoms with E-state index in [2.05, 4.69) is 5.32 Å². The highest BCUT2D eigenvalue weighted by molar-refractivity contribution is 6.33. The van der Waals surface area contributed by atoms with Crippen molar-refractivity contribution in [3.8, 4) is 5.75 Å². The van der Waals surface area contributed by atoms with E-state index in [9.17, 15) is 4.79 Å². The van der Waals surface area contributed by atoms with Crippen LogP contribution in [0, 0.1) is 0 Å². The number of hydrogen-bond acceptors (Lipinski definition) is 3. The molecule has 2 rings (SSSR count). The molecule has 0 saturated carbocycles. The summed E-state index contributed by atoms with van der Waals surface area (Å²) in [6, 6.07) is 10.9. The van der Waals surface area contributed by atoms with Gasteiger partial charge in [0.2, 0.25) is 0 Å². The lowest BCUT2D eigenvalue weighted by molar-refractivity contribution is 0.102. The van der Waals surface area contributed by atoms with Crippen molar-refractivity contribution in [3.63, 3.8) is 0 Å². The first kappa shape index (κ1) is 12.3. The van der Waals surface area contributed by atoms with Crippen LogP contribution in [0.1, 0.15) is 10.4 Å². The van der Waals surface area contributed by atoms with Crippen LogP contribution in [0.4, 0.5) is 11.4 Å². The van der Waals surface area contributed by atoms with Crippen LogP contribution in [0.3, 0.4) is 0 Å². The van der Waals surface area contributed by atoms with Crippen LogP contribution in [0.15, 0.2) is 42.5 Å². The molecule has 4 N–H and O–H groups in total. The molecule has 0 radical (unpaired) electrons. The van der Waals surface area contributed by atoms with Gasteiger partial charge >= 0.3 is 0 Å². The standard InChI is InChI=1S/C13H11ClN2O2/c14-11-6-1-8(7-12(11)15)13(18)16-9-2-4-10(17)5-3-9/h1-7,17H,15H2,(H,16,18). The summed E-state index contributed by atoms with van der Waals surface area (Å²) in [5.41, 5.74) is 6.99. The van der Waals surface area contributed by atoms with E-state index in [-0.39, 0.29) is 11.7 Å². The van der Waals surface area contributed by atoms with Crippen LogP contribution in [-0.2, 0) is 0 Å². The van der Waals surface area contributed by atoms with Crippen LogP contribution in [-0.4, -0.2) is 11.0 Å². The molecule has 0 spiro atoms. The molecule has 0 aromatic heterocycles. The van der Waals surface area contributed by atoms with Crippen molar-refractivity contribution in [2.45, 2.75) is 0 Å². The molecule has 92 valence electrons. The van der Waals surface area contributed by atoms with Crippen molar-refractivity contribution in [3.05, 3.63) is 53.1 Å². The number of phenolic OH excluding ortho intramolecular Hbond substituents is 1. The second kappa shape index (κ2) is 4.98. The first-order chi connectivity index (χ1) is 8.56. The lowest BCUT2D eigenvalue weighted by Crippen LogP contribution is -2.12. The minimum absolute atomic E-state index is 0.142. The summed E-state index contributed by atoms with van der Waals surface area (Å²) in [5, 5.41) is 12.2. The zero-order valence-electron chi connectivity index (χ0n) is 9.35. The Labute approximate surface area is 109 Å². The third-order valence-electron chi connectivity index (χ3n) is 2.38. The van der Waals surface area contributed by atoms with Crippen molar-refractivity contribution in [1.29, 1.82) is 0 Å². The number of rotatable bonds is 2. The van der Waals surface area contributed by atoms with Crippen molar-refractivity contribution in [2.24, 2.45) is 0 Å². The normalized spacial score (nSPS) is 10.1. The number of halogens is 1. The van der Waals surface area contributed by atoms with Gasteiger partial charge in [0.05, 0.1) is 10.7 Å². The van der Waals surface area contributed by atoms with Crippen molar-refractivity contribution < 1.29 is 9.90 Å². The summed E-state index contributed by atoms with van der Waals surface area (Å²) in [5.74, 6) is -0.146. The SMILES string of the molecule is Nc1cc(C(=O)Nc2ccc(O)cc2)ccc1Cl. The van der Waals surface area contributed by atoms with Gasteiger partial charge in [-0.05, 0) is 42.5 Å². The molecule has 0 fully saturated rings. The van der Waals surface area contributed by atoms with Gasteiger partial charge in [-0.3, -0.25) is 4.79 Å². The molecule has 2 aromatic carbocycles. The summed E-state index contributed by atoms with van der Waals surface area (Å²) in [4.78, 5) is 11.9. The number of anilines is 2. The molecule has 0 saturated heterocycles. The Morgan fingerprint density at radius 2 is 1.83 bits per heavy atom. The van der Waals surface area contributed by atoms with E-state index in [4.69, 9.17) is 22.4 Å². The third-order valence-corrected chi connectivity index (χ3v) is 2.73. The van der Waals surface area contributed by atoms with E-state index >= 15 is 0 Å². The molecule has 2 aromatic rings. The molecule has 4 nitrogen and oxygen atoms in total. The molecule has 0 aliphatic rings. The Hall–Kier alpha value is -2.20. The van der Waals surface area contributed by atoms with Gasteiger partial charge < -0.3 is 16.2 Å². The number of hydrogen-bond donors (Lipinski definition) is 3. The first-order valence-corrected chi connectivity index (χ1v) is 5.59. The van der Waals surface area contributed by atoms with Gasteiger partial charge in [-0.15, -0.1) is 0 Å². The Kier molecular flexibility index (Phi) is 3.39. The number of carbonyl (C=O) groups excluding carboxylic acids is 1. The van der Waals surface area contributed by atoms with E-state index in [1.165, 1.54) is 18.2 Å². The van der Waals surface area contributed by atoms with Gasteiger partial charge in [-0.2, -0.15) is 0 Å². The number of nitrogen functional groups attached to an aromatic ring is 1. The van der Waals surface area contributed by atoms with Crippen molar-refractivity contribution >= 4 is 28.9 Å². The van der Waals surface area contributed by atoms with Crippen LogP contribution in [0.25, 0.3) is 0 Å². The summed E-state index contributed by atoms with van der Waals surface area (Å²) in [6.45, 7) is 0. The fourth-order valence-electron chi connectivity index (χ4n) is 1.43. The smallest absolute Gasteiger partial charge is 0.255 e. The Bertz CT molecular complexity index is 582. The number of amides is 1. The Morgan fingerprint density at radius 1 is 1.17 bits per heavy atom. The second-order valence-electron chi connectivity index (χ2n) is 3.74. The minimum Gasteiger partial charge on any atom is -0.508 e. The maximum Gasteiger partial charge on any atom is 0.255 e. The largest absolute Gasteiger partial charge is 0.508 e. The van der Waals surface area contributed by atoms with E-state index in [1.807, 2.05) is 0 Å². The van der Waals surface area contributed by atoms with E-state index < -0.39 is 0 Å². The third kappa shape index (κ3) is 2.73. The highest BCUT2D eigenvalue weighted by atomic mass is 35.5. The van der Waals surface area contributed by atoms with E-state index in [0.717, 1.165) is 0 Å². The van der Waals surface area contributed by atoms with Gasteiger partial charge in [0, 0.05) is 11.3 Å². The molecule has 18 heavy (non-hydrogen) atoms. The van der Waals surface area contributed by atoms with Crippen molar-refractivity contribution in [1.82, 2.24) is 0 Å². The first-order valence-electron chi connectivity index (χ1n) is 5.21. The van der Waals surface area contributed by atoms with Gasteiger partial charge in [0.1, 0.15) is 5.75 Å². The number of nitrogens with two attached hydrogens (primary N) is 1. The summed E-state index contributed by atoms with van der Waals surface area (Å²) < 4.78 is 0. The monoisotopic (exact) mass is 262 g/mol. The fraction of sp³-hybridized carbons (Fsp3) is 0. The highest BCUT2D eigenvalue weighted by Crippen LogP contribution is 2.20. The van der Waals surface area contributed by atoms with E-state index in [0.29, 0.717) is 22.0 Å². The summed E-state index contributed by atoms with van der Waals surface area (Å²) >= 11 is 5.78. The van der Waals surface area contributed by atoms with E-state index in [1.54, 1.807) is 24.3 Å². The Balaban J connectivity index is 2.16. The minimum atomic E-state index is -0.288. The van der Waals surface area contributed by atoms with Crippen LogP contribution in [0.5, 0.6) is 5.75 Å². The topological polar surface area (TPSA) is 75.4 Å². The van der Waals surface area contributed by atoms with Gasteiger partial charge in [0.15, 0.2) is 0 Å². The maximum atomic E-state index is 11.9.